The maximum atomic E-state index is 12.0. The molecule has 0 saturated heterocycles. The van der Waals surface area contributed by atoms with Crippen molar-refractivity contribution >= 4 is 5.97 Å². The molecule has 1 N–H and O–H groups in total. The average Bonchev–Trinajstić information content (AvgIpc) is 2.33. The van der Waals surface area contributed by atoms with E-state index < -0.39 is 5.54 Å². The summed E-state index contributed by atoms with van der Waals surface area (Å²) in [6, 6.07) is 0.206. The van der Waals surface area contributed by atoms with E-state index in [4.69, 9.17) is 14.2 Å². The van der Waals surface area contributed by atoms with Crippen LogP contribution in [-0.4, -0.2) is 50.6 Å². The van der Waals surface area contributed by atoms with Crippen LogP contribution >= 0.6 is 0 Å². The SMILES string of the molecule is CCOCCOCCC(C)(NC(C)C)C(=O)OCC. The van der Waals surface area contributed by atoms with Gasteiger partial charge in [0.2, 0.25) is 0 Å². The first-order chi connectivity index (χ1) is 8.96. The number of esters is 1. The van der Waals surface area contributed by atoms with Crippen molar-refractivity contribution in [3.63, 3.8) is 0 Å². The van der Waals surface area contributed by atoms with Crippen LogP contribution in [0.25, 0.3) is 0 Å². The zero-order valence-corrected chi connectivity index (χ0v) is 13.0. The van der Waals surface area contributed by atoms with Crippen molar-refractivity contribution in [3.8, 4) is 0 Å². The molecule has 0 aromatic heterocycles. The Kier molecular flexibility index (Phi) is 9.83. The third kappa shape index (κ3) is 8.18. The molecular weight excluding hydrogens is 246 g/mol. The number of carbonyl (C=O) groups is 1. The second-order valence-corrected chi connectivity index (χ2v) is 4.91. The van der Waals surface area contributed by atoms with Crippen molar-refractivity contribution in [3.05, 3.63) is 0 Å². The summed E-state index contributed by atoms with van der Waals surface area (Å²) in [6.45, 7) is 12.4. The van der Waals surface area contributed by atoms with E-state index in [0.29, 0.717) is 39.5 Å². The van der Waals surface area contributed by atoms with E-state index in [2.05, 4.69) is 5.32 Å². The Morgan fingerprint density at radius 1 is 1.11 bits per heavy atom. The molecule has 0 aliphatic heterocycles. The molecule has 19 heavy (non-hydrogen) atoms. The highest BCUT2D eigenvalue weighted by molar-refractivity contribution is 5.80. The van der Waals surface area contributed by atoms with Crippen LogP contribution in [0.15, 0.2) is 0 Å². The fourth-order valence-corrected chi connectivity index (χ4v) is 1.80. The molecule has 0 fully saturated rings. The summed E-state index contributed by atoms with van der Waals surface area (Å²) >= 11 is 0. The molecular formula is C14H29NO4. The van der Waals surface area contributed by atoms with Gasteiger partial charge in [-0.3, -0.25) is 10.1 Å². The summed E-state index contributed by atoms with van der Waals surface area (Å²) in [4.78, 5) is 12.0. The van der Waals surface area contributed by atoms with Gasteiger partial charge in [0, 0.05) is 19.3 Å². The van der Waals surface area contributed by atoms with E-state index >= 15 is 0 Å². The molecule has 0 amide bonds. The first-order valence-corrected chi connectivity index (χ1v) is 7.06. The predicted molar refractivity (Wildman–Crippen MR) is 75.2 cm³/mol. The summed E-state index contributed by atoms with van der Waals surface area (Å²) < 4.78 is 15.8. The standard InChI is InChI=1S/C14H29NO4/c1-6-17-10-11-18-9-8-14(5,15-12(3)4)13(16)19-7-2/h12,15H,6-11H2,1-5H3. The first kappa shape index (κ1) is 18.4. The summed E-state index contributed by atoms with van der Waals surface area (Å²) in [5.41, 5.74) is -0.699. The monoisotopic (exact) mass is 275 g/mol. The van der Waals surface area contributed by atoms with Crippen LogP contribution in [0.2, 0.25) is 0 Å². The average molecular weight is 275 g/mol. The van der Waals surface area contributed by atoms with Gasteiger partial charge < -0.3 is 14.2 Å². The molecule has 5 nitrogen and oxygen atoms in total. The Labute approximate surface area is 117 Å². The number of nitrogens with one attached hydrogen (secondary N) is 1. The first-order valence-electron chi connectivity index (χ1n) is 7.06. The number of hydrogen-bond acceptors (Lipinski definition) is 5. The van der Waals surface area contributed by atoms with Gasteiger partial charge in [0.25, 0.3) is 0 Å². The largest absolute Gasteiger partial charge is 0.465 e. The van der Waals surface area contributed by atoms with Crippen molar-refractivity contribution in [2.75, 3.05) is 33.0 Å². The van der Waals surface area contributed by atoms with Gasteiger partial charge in [-0.15, -0.1) is 0 Å². The van der Waals surface area contributed by atoms with E-state index in [1.165, 1.54) is 0 Å². The van der Waals surface area contributed by atoms with E-state index in [0.717, 1.165) is 0 Å². The molecule has 0 spiro atoms. The van der Waals surface area contributed by atoms with E-state index in [-0.39, 0.29) is 12.0 Å². The van der Waals surface area contributed by atoms with Crippen molar-refractivity contribution in [2.24, 2.45) is 0 Å². The van der Waals surface area contributed by atoms with E-state index in [1.807, 2.05) is 34.6 Å². The highest BCUT2D eigenvalue weighted by Gasteiger charge is 2.34. The smallest absolute Gasteiger partial charge is 0.326 e. The summed E-state index contributed by atoms with van der Waals surface area (Å²) in [5, 5.41) is 3.26. The Morgan fingerprint density at radius 3 is 2.26 bits per heavy atom. The van der Waals surface area contributed by atoms with Gasteiger partial charge in [0.15, 0.2) is 0 Å². The maximum absolute atomic E-state index is 12.0. The minimum Gasteiger partial charge on any atom is -0.465 e. The topological polar surface area (TPSA) is 56.8 Å². The molecule has 1 atom stereocenters. The number of ether oxygens (including phenoxy) is 3. The van der Waals surface area contributed by atoms with Gasteiger partial charge in [-0.25, -0.2) is 0 Å². The lowest BCUT2D eigenvalue weighted by Crippen LogP contribution is -2.53. The third-order valence-corrected chi connectivity index (χ3v) is 2.66. The van der Waals surface area contributed by atoms with E-state index in [1.54, 1.807) is 0 Å². The molecule has 0 aromatic rings. The van der Waals surface area contributed by atoms with Crippen LogP contribution < -0.4 is 5.32 Å². The Bertz CT molecular complexity index is 246. The molecule has 5 heteroatoms. The van der Waals surface area contributed by atoms with Crippen LogP contribution in [-0.2, 0) is 19.0 Å². The molecule has 0 bridgehead atoms. The second kappa shape index (κ2) is 10.2. The van der Waals surface area contributed by atoms with Crippen LogP contribution in [0.4, 0.5) is 0 Å². The highest BCUT2D eigenvalue weighted by Crippen LogP contribution is 2.14. The van der Waals surface area contributed by atoms with Crippen LogP contribution in [0.5, 0.6) is 0 Å². The van der Waals surface area contributed by atoms with Gasteiger partial charge >= 0.3 is 5.97 Å². The second-order valence-electron chi connectivity index (χ2n) is 4.91. The lowest BCUT2D eigenvalue weighted by atomic mass is 9.97. The molecule has 0 aromatic carbocycles. The van der Waals surface area contributed by atoms with Gasteiger partial charge in [-0.2, -0.15) is 0 Å². The van der Waals surface area contributed by atoms with Crippen LogP contribution in [0.3, 0.4) is 0 Å². The van der Waals surface area contributed by atoms with Crippen LogP contribution in [0.1, 0.15) is 41.0 Å². The minimum atomic E-state index is -0.699. The van der Waals surface area contributed by atoms with Crippen molar-refractivity contribution in [2.45, 2.75) is 52.6 Å². The molecule has 114 valence electrons. The Hall–Kier alpha value is -0.650. The molecule has 0 radical (unpaired) electrons. The highest BCUT2D eigenvalue weighted by atomic mass is 16.5. The van der Waals surface area contributed by atoms with Crippen LogP contribution in [0, 0.1) is 0 Å². The van der Waals surface area contributed by atoms with E-state index in [9.17, 15) is 4.79 Å². The minimum absolute atomic E-state index is 0.206. The molecule has 0 aliphatic carbocycles. The van der Waals surface area contributed by atoms with Gasteiger partial charge in [-0.1, -0.05) is 0 Å². The number of rotatable bonds is 11. The lowest BCUT2D eigenvalue weighted by Gasteiger charge is -2.30. The molecule has 0 rings (SSSR count). The van der Waals surface area contributed by atoms with Crippen molar-refractivity contribution in [1.29, 1.82) is 0 Å². The summed E-state index contributed by atoms with van der Waals surface area (Å²) in [7, 11) is 0. The molecule has 0 saturated carbocycles. The quantitative estimate of drug-likeness (QED) is 0.460. The zero-order chi connectivity index (χ0) is 14.7. The molecule has 0 aliphatic rings. The summed E-state index contributed by atoms with van der Waals surface area (Å²) in [6.07, 6.45) is 0.580. The van der Waals surface area contributed by atoms with Gasteiger partial charge in [0.05, 0.1) is 19.8 Å². The molecule has 0 heterocycles. The Balaban J connectivity index is 4.16. The molecule has 1 unspecified atom stereocenters. The summed E-state index contributed by atoms with van der Waals surface area (Å²) in [5.74, 6) is -0.225. The predicted octanol–water partition coefficient (Wildman–Crippen LogP) is 1.75. The van der Waals surface area contributed by atoms with Gasteiger partial charge in [0.1, 0.15) is 5.54 Å². The third-order valence-electron chi connectivity index (χ3n) is 2.66. The normalized spacial score (nSPS) is 14.4. The zero-order valence-electron chi connectivity index (χ0n) is 13.0. The van der Waals surface area contributed by atoms with Crippen molar-refractivity contribution < 1.29 is 19.0 Å². The van der Waals surface area contributed by atoms with Crippen molar-refractivity contribution in [1.82, 2.24) is 5.32 Å². The fraction of sp³-hybridized carbons (Fsp3) is 0.929. The Morgan fingerprint density at radius 2 is 1.74 bits per heavy atom. The van der Waals surface area contributed by atoms with Gasteiger partial charge in [-0.05, 0) is 41.0 Å². The number of hydrogen-bond donors (Lipinski definition) is 1. The lowest BCUT2D eigenvalue weighted by molar-refractivity contribution is -0.151. The maximum Gasteiger partial charge on any atom is 0.326 e. The number of carbonyl (C=O) groups excluding carboxylic acids is 1. The fourth-order valence-electron chi connectivity index (χ4n) is 1.80.